The van der Waals surface area contributed by atoms with Crippen molar-refractivity contribution in [2.24, 2.45) is 0 Å². The number of nitrogens with two attached hydrogens (primary N) is 1. The summed E-state index contributed by atoms with van der Waals surface area (Å²) in [5.41, 5.74) is 6.42. The Balaban J connectivity index is 2.22. The first kappa shape index (κ1) is 12.9. The quantitative estimate of drug-likeness (QED) is 0.681. The predicted octanol–water partition coefficient (Wildman–Crippen LogP) is 2.99. The maximum atomic E-state index is 12.8. The highest BCUT2D eigenvalue weighted by atomic mass is 19.1. The number of halogens is 1. The molecule has 98 valence electrons. The van der Waals surface area contributed by atoms with E-state index in [1.807, 2.05) is 0 Å². The minimum absolute atomic E-state index is 0.298. The van der Waals surface area contributed by atoms with Crippen LogP contribution in [0.4, 0.5) is 10.1 Å². The zero-order valence-corrected chi connectivity index (χ0v) is 10.2. The third-order valence-electron chi connectivity index (χ3n) is 2.47. The first-order valence-electron chi connectivity index (χ1n) is 5.51. The van der Waals surface area contributed by atoms with Gasteiger partial charge in [-0.1, -0.05) is 0 Å². The molecule has 0 saturated carbocycles. The van der Waals surface area contributed by atoms with Gasteiger partial charge in [0, 0.05) is 0 Å². The van der Waals surface area contributed by atoms with Crippen LogP contribution in [0.1, 0.15) is 10.4 Å². The zero-order valence-electron chi connectivity index (χ0n) is 10.2. The van der Waals surface area contributed by atoms with E-state index in [4.69, 9.17) is 10.5 Å². The molecular weight excluding hydrogens is 249 g/mol. The molecule has 0 aliphatic rings. The summed E-state index contributed by atoms with van der Waals surface area (Å²) in [5, 5.41) is 0. The van der Waals surface area contributed by atoms with Gasteiger partial charge in [0.1, 0.15) is 17.3 Å². The number of ether oxygens (including phenoxy) is 2. The Morgan fingerprint density at radius 2 is 1.84 bits per heavy atom. The second-order valence-electron chi connectivity index (χ2n) is 3.80. The highest BCUT2D eigenvalue weighted by Crippen LogP contribution is 2.28. The summed E-state index contributed by atoms with van der Waals surface area (Å²) >= 11 is 0. The molecule has 0 spiro atoms. The van der Waals surface area contributed by atoms with Gasteiger partial charge in [-0.3, -0.25) is 0 Å². The van der Waals surface area contributed by atoms with Crippen LogP contribution in [0, 0.1) is 5.82 Å². The van der Waals surface area contributed by atoms with Crippen LogP contribution >= 0.6 is 0 Å². The van der Waals surface area contributed by atoms with Crippen molar-refractivity contribution in [2.75, 3.05) is 12.8 Å². The van der Waals surface area contributed by atoms with Gasteiger partial charge in [0.2, 0.25) is 0 Å². The number of methoxy groups -OCH3 is 1. The second-order valence-corrected chi connectivity index (χ2v) is 3.80. The fraction of sp³-hybridized carbons (Fsp3) is 0.0714. The van der Waals surface area contributed by atoms with E-state index >= 15 is 0 Å². The highest BCUT2D eigenvalue weighted by Gasteiger charge is 2.09. The fourth-order valence-electron chi connectivity index (χ4n) is 1.52. The Morgan fingerprint density at radius 1 is 1.16 bits per heavy atom. The number of hydrogen-bond acceptors (Lipinski definition) is 4. The molecule has 0 radical (unpaired) electrons. The number of anilines is 1. The summed E-state index contributed by atoms with van der Waals surface area (Å²) in [7, 11) is 1.29. The van der Waals surface area contributed by atoms with Crippen molar-refractivity contribution in [3.63, 3.8) is 0 Å². The Kier molecular flexibility index (Phi) is 3.66. The van der Waals surface area contributed by atoms with E-state index in [1.54, 1.807) is 12.1 Å². The number of benzene rings is 2. The summed E-state index contributed by atoms with van der Waals surface area (Å²) < 4.78 is 22.8. The molecule has 0 aliphatic carbocycles. The lowest BCUT2D eigenvalue weighted by Gasteiger charge is -2.09. The van der Waals surface area contributed by atoms with E-state index in [0.717, 1.165) is 0 Å². The van der Waals surface area contributed by atoms with Gasteiger partial charge in [0.25, 0.3) is 0 Å². The van der Waals surface area contributed by atoms with Crippen molar-refractivity contribution in [1.82, 2.24) is 0 Å². The van der Waals surface area contributed by atoms with Crippen LogP contribution in [0.2, 0.25) is 0 Å². The summed E-state index contributed by atoms with van der Waals surface area (Å²) in [5.74, 6) is 0.0274. The molecule has 0 unspecified atom stereocenters. The van der Waals surface area contributed by atoms with E-state index in [-0.39, 0.29) is 5.82 Å². The van der Waals surface area contributed by atoms with Gasteiger partial charge < -0.3 is 15.2 Å². The van der Waals surface area contributed by atoms with E-state index < -0.39 is 5.97 Å². The molecule has 2 rings (SSSR count). The van der Waals surface area contributed by atoms with Crippen molar-refractivity contribution >= 4 is 11.7 Å². The number of rotatable bonds is 3. The number of hydrogen-bond donors (Lipinski definition) is 1. The average molecular weight is 261 g/mol. The van der Waals surface area contributed by atoms with Crippen molar-refractivity contribution in [1.29, 1.82) is 0 Å². The summed E-state index contributed by atoms with van der Waals surface area (Å²) in [4.78, 5) is 11.3. The molecule has 5 heteroatoms. The normalized spacial score (nSPS) is 10.0. The van der Waals surface area contributed by atoms with Gasteiger partial charge in [-0.25, -0.2) is 9.18 Å². The highest BCUT2D eigenvalue weighted by molar-refractivity contribution is 5.90. The molecule has 0 saturated heterocycles. The molecule has 0 aromatic heterocycles. The van der Waals surface area contributed by atoms with Gasteiger partial charge in [0.15, 0.2) is 0 Å². The predicted molar refractivity (Wildman–Crippen MR) is 68.7 cm³/mol. The molecule has 0 aliphatic heterocycles. The van der Waals surface area contributed by atoms with E-state index in [1.165, 1.54) is 37.4 Å². The molecule has 0 bridgehead atoms. The molecule has 19 heavy (non-hydrogen) atoms. The third-order valence-corrected chi connectivity index (χ3v) is 2.47. The van der Waals surface area contributed by atoms with Gasteiger partial charge in [-0.05, 0) is 42.5 Å². The molecule has 2 aromatic rings. The molecule has 0 amide bonds. The fourth-order valence-corrected chi connectivity index (χ4v) is 1.52. The van der Waals surface area contributed by atoms with Gasteiger partial charge in [-0.15, -0.1) is 0 Å². The molecule has 0 atom stereocenters. The Bertz CT molecular complexity index is 596. The lowest BCUT2D eigenvalue weighted by Crippen LogP contribution is -2.02. The molecular formula is C14H12FNO3. The number of carbonyl (C=O) groups is 1. The van der Waals surface area contributed by atoms with Crippen LogP contribution in [-0.4, -0.2) is 13.1 Å². The van der Waals surface area contributed by atoms with Crippen LogP contribution < -0.4 is 10.5 Å². The minimum Gasteiger partial charge on any atom is -0.465 e. The molecule has 4 nitrogen and oxygen atoms in total. The first-order chi connectivity index (χ1) is 9.10. The summed E-state index contributed by atoms with van der Waals surface area (Å²) in [6.45, 7) is 0. The second kappa shape index (κ2) is 5.39. The standard InChI is InChI=1S/C14H12FNO3/c1-18-14(17)9-2-7-13(12(16)8-9)19-11-5-3-10(15)4-6-11/h2-8H,16H2,1H3. The van der Waals surface area contributed by atoms with Crippen molar-refractivity contribution in [3.05, 3.63) is 53.8 Å². The van der Waals surface area contributed by atoms with Crippen LogP contribution in [0.3, 0.4) is 0 Å². The van der Waals surface area contributed by atoms with Crippen molar-refractivity contribution in [2.45, 2.75) is 0 Å². The average Bonchev–Trinajstić information content (AvgIpc) is 2.42. The monoisotopic (exact) mass is 261 g/mol. The smallest absolute Gasteiger partial charge is 0.337 e. The van der Waals surface area contributed by atoms with Gasteiger partial charge in [-0.2, -0.15) is 0 Å². The zero-order chi connectivity index (χ0) is 13.8. The summed E-state index contributed by atoms with van der Waals surface area (Å²) in [6, 6.07) is 10.1. The van der Waals surface area contributed by atoms with Crippen LogP contribution in [-0.2, 0) is 4.74 Å². The third kappa shape index (κ3) is 3.01. The molecule has 0 heterocycles. The van der Waals surface area contributed by atoms with Gasteiger partial charge >= 0.3 is 5.97 Å². The van der Waals surface area contributed by atoms with E-state index in [0.29, 0.717) is 22.7 Å². The number of nitrogen functional groups attached to an aromatic ring is 1. The summed E-state index contributed by atoms with van der Waals surface area (Å²) in [6.07, 6.45) is 0. The lowest BCUT2D eigenvalue weighted by molar-refractivity contribution is 0.0601. The first-order valence-corrected chi connectivity index (χ1v) is 5.51. The number of carbonyl (C=O) groups excluding carboxylic acids is 1. The SMILES string of the molecule is COC(=O)c1ccc(Oc2ccc(F)cc2)c(N)c1. The largest absolute Gasteiger partial charge is 0.465 e. The van der Waals surface area contributed by atoms with Crippen molar-refractivity contribution in [3.8, 4) is 11.5 Å². The molecule has 0 fully saturated rings. The Hall–Kier alpha value is -2.56. The topological polar surface area (TPSA) is 61.5 Å². The van der Waals surface area contributed by atoms with Crippen molar-refractivity contribution < 1.29 is 18.7 Å². The Morgan fingerprint density at radius 3 is 2.42 bits per heavy atom. The van der Waals surface area contributed by atoms with Gasteiger partial charge in [0.05, 0.1) is 18.4 Å². The Labute approximate surface area is 109 Å². The van der Waals surface area contributed by atoms with Crippen LogP contribution in [0.25, 0.3) is 0 Å². The minimum atomic E-state index is -0.472. The number of esters is 1. The maximum Gasteiger partial charge on any atom is 0.337 e. The maximum absolute atomic E-state index is 12.8. The molecule has 2 aromatic carbocycles. The van der Waals surface area contributed by atoms with E-state index in [2.05, 4.69) is 4.74 Å². The van der Waals surface area contributed by atoms with E-state index in [9.17, 15) is 9.18 Å². The van der Waals surface area contributed by atoms with Crippen LogP contribution in [0.5, 0.6) is 11.5 Å². The lowest BCUT2D eigenvalue weighted by atomic mass is 10.2. The van der Waals surface area contributed by atoms with Crippen LogP contribution in [0.15, 0.2) is 42.5 Å². The molecule has 2 N–H and O–H groups in total.